The number of hydrogen-bond donors (Lipinski definition) is 2. The first-order valence-corrected chi connectivity index (χ1v) is 6.08. The van der Waals surface area contributed by atoms with Gasteiger partial charge in [0.15, 0.2) is 0 Å². The normalized spacial score (nSPS) is 23.6. The number of hydrogen-bond acceptors (Lipinski definition) is 3. The molecule has 94 valence electrons. The van der Waals surface area contributed by atoms with E-state index in [0.29, 0.717) is 6.04 Å². The van der Waals surface area contributed by atoms with Crippen molar-refractivity contribution in [2.75, 3.05) is 26.7 Å². The Hall–Kier alpha value is -0.970. The van der Waals surface area contributed by atoms with Gasteiger partial charge in [-0.1, -0.05) is 12.1 Å². The van der Waals surface area contributed by atoms with E-state index in [-0.39, 0.29) is 11.9 Å². The molecule has 0 saturated carbocycles. The third-order valence-electron chi connectivity index (χ3n) is 3.27. The summed E-state index contributed by atoms with van der Waals surface area (Å²) in [6, 6.07) is 6.87. The van der Waals surface area contributed by atoms with Gasteiger partial charge in [0, 0.05) is 31.7 Å². The summed E-state index contributed by atoms with van der Waals surface area (Å²) in [7, 11) is 2.11. The van der Waals surface area contributed by atoms with Gasteiger partial charge in [-0.15, -0.1) is 0 Å². The van der Waals surface area contributed by atoms with E-state index in [2.05, 4.69) is 17.3 Å². The van der Waals surface area contributed by atoms with Gasteiger partial charge >= 0.3 is 0 Å². The molecule has 0 bridgehead atoms. The minimum absolute atomic E-state index is 0.102. The zero-order chi connectivity index (χ0) is 12.3. The summed E-state index contributed by atoms with van der Waals surface area (Å²) in [5.41, 5.74) is 6.99. The monoisotopic (exact) mass is 237 g/mol. The zero-order valence-electron chi connectivity index (χ0n) is 10.2. The summed E-state index contributed by atoms with van der Waals surface area (Å²) in [6.45, 7) is 3.08. The van der Waals surface area contributed by atoms with Gasteiger partial charge in [0.1, 0.15) is 5.82 Å². The van der Waals surface area contributed by atoms with Crippen molar-refractivity contribution in [2.45, 2.75) is 18.5 Å². The molecule has 17 heavy (non-hydrogen) atoms. The fraction of sp³-hybridized carbons (Fsp3) is 0.538. The molecule has 4 heteroatoms. The summed E-state index contributed by atoms with van der Waals surface area (Å²) in [4.78, 5) is 2.29. The minimum Gasteiger partial charge on any atom is -0.324 e. The highest BCUT2D eigenvalue weighted by molar-refractivity contribution is 5.20. The van der Waals surface area contributed by atoms with Gasteiger partial charge in [-0.2, -0.15) is 0 Å². The van der Waals surface area contributed by atoms with Crippen molar-refractivity contribution in [1.29, 1.82) is 0 Å². The molecule has 2 rings (SSSR count). The molecule has 1 fully saturated rings. The SMILES string of the molecule is CN1CCNC(CC(N)c2cccc(F)c2)C1. The molecule has 0 radical (unpaired) electrons. The van der Waals surface area contributed by atoms with Gasteiger partial charge in [-0.3, -0.25) is 0 Å². The molecule has 1 heterocycles. The van der Waals surface area contributed by atoms with E-state index in [1.54, 1.807) is 6.07 Å². The quantitative estimate of drug-likeness (QED) is 0.827. The number of nitrogens with two attached hydrogens (primary N) is 1. The number of rotatable bonds is 3. The minimum atomic E-state index is -0.216. The van der Waals surface area contributed by atoms with E-state index in [1.165, 1.54) is 12.1 Å². The summed E-state index contributed by atoms with van der Waals surface area (Å²) in [5, 5.41) is 3.45. The molecule has 0 aromatic heterocycles. The Morgan fingerprint density at radius 1 is 1.59 bits per heavy atom. The van der Waals surface area contributed by atoms with E-state index >= 15 is 0 Å². The number of benzene rings is 1. The number of nitrogens with zero attached hydrogens (tertiary/aromatic N) is 1. The second kappa shape index (κ2) is 5.58. The van der Waals surface area contributed by atoms with Crippen LogP contribution in [-0.4, -0.2) is 37.6 Å². The highest BCUT2D eigenvalue weighted by Crippen LogP contribution is 2.17. The first kappa shape index (κ1) is 12.5. The van der Waals surface area contributed by atoms with Crippen LogP contribution in [0.5, 0.6) is 0 Å². The molecule has 1 aromatic rings. The standard InChI is InChI=1S/C13H20FN3/c1-17-6-5-16-12(9-17)8-13(15)10-3-2-4-11(14)7-10/h2-4,7,12-13,16H,5-6,8-9,15H2,1H3. The Morgan fingerprint density at radius 2 is 2.41 bits per heavy atom. The van der Waals surface area contributed by atoms with Gasteiger partial charge < -0.3 is 16.0 Å². The molecule has 3 nitrogen and oxygen atoms in total. The van der Waals surface area contributed by atoms with Crippen LogP contribution in [0.3, 0.4) is 0 Å². The van der Waals surface area contributed by atoms with Crippen LogP contribution in [0.1, 0.15) is 18.0 Å². The lowest BCUT2D eigenvalue weighted by atomic mass is 9.99. The molecule has 1 saturated heterocycles. The van der Waals surface area contributed by atoms with Crippen LogP contribution in [0, 0.1) is 5.82 Å². The lowest BCUT2D eigenvalue weighted by Gasteiger charge is -2.32. The van der Waals surface area contributed by atoms with Crippen molar-refractivity contribution in [2.24, 2.45) is 5.73 Å². The number of likely N-dealkylation sites (N-methyl/N-ethyl adjacent to an activating group) is 1. The molecule has 1 aliphatic rings. The first-order valence-electron chi connectivity index (χ1n) is 6.08. The molecule has 2 atom stereocenters. The van der Waals surface area contributed by atoms with Gasteiger partial charge in [0.25, 0.3) is 0 Å². The zero-order valence-corrected chi connectivity index (χ0v) is 10.2. The van der Waals surface area contributed by atoms with Crippen LogP contribution in [0.2, 0.25) is 0 Å². The molecule has 1 aliphatic heterocycles. The van der Waals surface area contributed by atoms with Gasteiger partial charge in [0.2, 0.25) is 0 Å². The number of piperazine rings is 1. The average molecular weight is 237 g/mol. The fourth-order valence-corrected chi connectivity index (χ4v) is 2.33. The Kier molecular flexibility index (Phi) is 4.10. The maximum absolute atomic E-state index is 13.1. The molecular formula is C13H20FN3. The van der Waals surface area contributed by atoms with Crippen molar-refractivity contribution in [1.82, 2.24) is 10.2 Å². The van der Waals surface area contributed by atoms with Crippen LogP contribution in [0.15, 0.2) is 24.3 Å². The van der Waals surface area contributed by atoms with Gasteiger partial charge in [0.05, 0.1) is 0 Å². The maximum atomic E-state index is 13.1. The number of nitrogens with one attached hydrogen (secondary N) is 1. The maximum Gasteiger partial charge on any atom is 0.123 e. The summed E-state index contributed by atoms with van der Waals surface area (Å²) >= 11 is 0. The second-order valence-corrected chi connectivity index (χ2v) is 4.81. The second-order valence-electron chi connectivity index (χ2n) is 4.81. The average Bonchev–Trinajstić information content (AvgIpc) is 2.29. The van der Waals surface area contributed by atoms with E-state index in [9.17, 15) is 4.39 Å². The smallest absolute Gasteiger partial charge is 0.123 e. The Labute approximate surface area is 102 Å². The van der Waals surface area contributed by atoms with E-state index < -0.39 is 0 Å². The highest BCUT2D eigenvalue weighted by atomic mass is 19.1. The van der Waals surface area contributed by atoms with Crippen molar-refractivity contribution in [3.05, 3.63) is 35.6 Å². The molecule has 0 amide bonds. The van der Waals surface area contributed by atoms with Crippen molar-refractivity contribution in [3.8, 4) is 0 Å². The molecule has 3 N–H and O–H groups in total. The summed E-state index contributed by atoms with van der Waals surface area (Å²) in [6.07, 6.45) is 0.841. The molecule has 0 spiro atoms. The van der Waals surface area contributed by atoms with Crippen molar-refractivity contribution in [3.63, 3.8) is 0 Å². The van der Waals surface area contributed by atoms with E-state index in [1.807, 2.05) is 6.07 Å². The lowest BCUT2D eigenvalue weighted by Crippen LogP contribution is -2.49. The predicted octanol–water partition coefficient (Wildman–Crippen LogP) is 1.12. The van der Waals surface area contributed by atoms with E-state index in [0.717, 1.165) is 31.6 Å². The molecule has 2 unspecified atom stereocenters. The predicted molar refractivity (Wildman–Crippen MR) is 67.2 cm³/mol. The van der Waals surface area contributed by atoms with Crippen molar-refractivity contribution < 1.29 is 4.39 Å². The van der Waals surface area contributed by atoms with Crippen LogP contribution in [0.25, 0.3) is 0 Å². The van der Waals surface area contributed by atoms with Crippen LogP contribution in [-0.2, 0) is 0 Å². The lowest BCUT2D eigenvalue weighted by molar-refractivity contribution is 0.225. The third kappa shape index (κ3) is 3.49. The van der Waals surface area contributed by atoms with Gasteiger partial charge in [-0.05, 0) is 31.2 Å². The number of halogens is 1. The Morgan fingerprint density at radius 3 is 3.12 bits per heavy atom. The first-order chi connectivity index (χ1) is 8.15. The molecule has 0 aliphatic carbocycles. The molecular weight excluding hydrogens is 217 g/mol. The third-order valence-corrected chi connectivity index (χ3v) is 3.27. The van der Waals surface area contributed by atoms with E-state index in [4.69, 9.17) is 5.73 Å². The largest absolute Gasteiger partial charge is 0.324 e. The van der Waals surface area contributed by atoms with Crippen molar-refractivity contribution >= 4 is 0 Å². The van der Waals surface area contributed by atoms with Gasteiger partial charge in [-0.25, -0.2) is 4.39 Å². The van der Waals surface area contributed by atoms with Crippen LogP contribution in [0.4, 0.5) is 4.39 Å². The Bertz CT molecular complexity index is 369. The van der Waals surface area contributed by atoms with Crippen LogP contribution >= 0.6 is 0 Å². The summed E-state index contributed by atoms with van der Waals surface area (Å²) in [5.74, 6) is -0.216. The fourth-order valence-electron chi connectivity index (χ4n) is 2.33. The highest BCUT2D eigenvalue weighted by Gasteiger charge is 2.19. The Balaban J connectivity index is 1.94. The summed E-state index contributed by atoms with van der Waals surface area (Å²) < 4.78 is 13.1. The molecule has 1 aromatic carbocycles. The topological polar surface area (TPSA) is 41.3 Å². The van der Waals surface area contributed by atoms with Crippen LogP contribution < -0.4 is 11.1 Å².